The molecule has 0 aliphatic heterocycles. The van der Waals surface area contributed by atoms with Crippen LogP contribution in [0.1, 0.15) is 40.0 Å². The van der Waals surface area contributed by atoms with Crippen molar-refractivity contribution in [3.05, 3.63) is 12.2 Å². The standard InChI is InChI=1S/C15H22O/c1-8-10(16)7-11-14(4)6-5-9-12(13(9,2)3)15(8,11)14/h9-12,16H,1,5-7H2,2-4H3/t9-,10-,11?,12+,14?,15?/m0/s1. The Morgan fingerprint density at radius 1 is 1.31 bits per heavy atom. The summed E-state index contributed by atoms with van der Waals surface area (Å²) in [5.41, 5.74) is 2.55. The molecule has 4 aliphatic carbocycles. The smallest absolute Gasteiger partial charge is 0.0756 e. The zero-order valence-corrected chi connectivity index (χ0v) is 10.6. The van der Waals surface area contributed by atoms with E-state index in [9.17, 15) is 5.11 Å². The Balaban J connectivity index is 1.85. The van der Waals surface area contributed by atoms with Gasteiger partial charge in [-0.15, -0.1) is 0 Å². The second kappa shape index (κ2) is 2.16. The third-order valence-electron chi connectivity index (χ3n) is 7.09. The van der Waals surface area contributed by atoms with Crippen LogP contribution in [-0.2, 0) is 0 Å². The first-order valence-electron chi connectivity index (χ1n) is 6.76. The van der Waals surface area contributed by atoms with Crippen LogP contribution in [0.15, 0.2) is 12.2 Å². The number of aliphatic hydroxyl groups excluding tert-OH is 1. The quantitative estimate of drug-likeness (QED) is 0.620. The molecule has 3 unspecified atom stereocenters. The first-order chi connectivity index (χ1) is 7.38. The van der Waals surface area contributed by atoms with Crippen LogP contribution in [0.3, 0.4) is 0 Å². The van der Waals surface area contributed by atoms with Crippen LogP contribution >= 0.6 is 0 Å². The van der Waals surface area contributed by atoms with E-state index in [0.29, 0.717) is 16.2 Å². The molecule has 0 amide bonds. The Bertz CT molecular complexity index is 410. The lowest BCUT2D eigenvalue weighted by atomic mass is 9.74. The van der Waals surface area contributed by atoms with Gasteiger partial charge in [0.15, 0.2) is 0 Å². The first kappa shape index (κ1) is 9.70. The Labute approximate surface area is 97.9 Å². The van der Waals surface area contributed by atoms with Crippen LogP contribution in [-0.4, -0.2) is 11.2 Å². The maximum absolute atomic E-state index is 10.1. The molecule has 0 aromatic rings. The zero-order chi connectivity index (χ0) is 11.5. The first-order valence-corrected chi connectivity index (χ1v) is 6.76. The molecule has 88 valence electrons. The normalized spacial score (nSPS) is 64.6. The predicted octanol–water partition coefficient (Wildman–Crippen LogP) is 3.00. The minimum Gasteiger partial charge on any atom is -0.389 e. The molecule has 0 heterocycles. The summed E-state index contributed by atoms with van der Waals surface area (Å²) in [4.78, 5) is 0. The van der Waals surface area contributed by atoms with E-state index in [1.807, 2.05) is 0 Å². The zero-order valence-electron chi connectivity index (χ0n) is 10.6. The third kappa shape index (κ3) is 0.641. The van der Waals surface area contributed by atoms with Crippen molar-refractivity contribution in [1.82, 2.24) is 0 Å². The fourth-order valence-corrected chi connectivity index (χ4v) is 6.28. The minimum absolute atomic E-state index is 0.201. The molecule has 0 radical (unpaired) electrons. The van der Waals surface area contributed by atoms with Crippen molar-refractivity contribution in [3.8, 4) is 0 Å². The highest BCUT2D eigenvalue weighted by Crippen LogP contribution is 2.93. The fraction of sp³-hybridized carbons (Fsp3) is 0.867. The number of hydrogen-bond acceptors (Lipinski definition) is 1. The second-order valence-corrected chi connectivity index (χ2v) is 7.56. The molecule has 4 rings (SSSR count). The van der Waals surface area contributed by atoms with Crippen molar-refractivity contribution in [2.24, 2.45) is 34.0 Å². The van der Waals surface area contributed by atoms with Gasteiger partial charge in [-0.05, 0) is 53.4 Å². The van der Waals surface area contributed by atoms with E-state index in [2.05, 4.69) is 27.4 Å². The maximum atomic E-state index is 10.1. The van der Waals surface area contributed by atoms with Gasteiger partial charge in [-0.2, -0.15) is 0 Å². The molecule has 1 spiro atoms. The maximum Gasteiger partial charge on any atom is 0.0756 e. The highest BCUT2D eigenvalue weighted by Gasteiger charge is 2.89. The van der Waals surface area contributed by atoms with Crippen molar-refractivity contribution in [2.75, 3.05) is 0 Å². The fourth-order valence-electron chi connectivity index (χ4n) is 6.28. The van der Waals surface area contributed by atoms with Crippen molar-refractivity contribution < 1.29 is 5.11 Å². The van der Waals surface area contributed by atoms with Gasteiger partial charge in [0.25, 0.3) is 0 Å². The number of fused-ring (bicyclic) bond motifs is 2. The summed E-state index contributed by atoms with van der Waals surface area (Å²) in [5.74, 6) is 2.49. The molecule has 16 heavy (non-hydrogen) atoms. The Morgan fingerprint density at radius 2 is 2.00 bits per heavy atom. The monoisotopic (exact) mass is 218 g/mol. The van der Waals surface area contributed by atoms with Crippen LogP contribution in [0.4, 0.5) is 0 Å². The van der Waals surface area contributed by atoms with Crippen molar-refractivity contribution >= 4 is 0 Å². The lowest BCUT2D eigenvalue weighted by molar-refractivity contribution is 0.163. The molecule has 1 N–H and O–H groups in total. The van der Waals surface area contributed by atoms with Crippen LogP contribution in [0.5, 0.6) is 0 Å². The summed E-state index contributed by atoms with van der Waals surface area (Å²) in [6, 6.07) is 0. The van der Waals surface area contributed by atoms with Gasteiger partial charge in [-0.25, -0.2) is 0 Å². The van der Waals surface area contributed by atoms with Crippen LogP contribution in [0.25, 0.3) is 0 Å². The van der Waals surface area contributed by atoms with Gasteiger partial charge in [0.1, 0.15) is 0 Å². The van der Waals surface area contributed by atoms with E-state index in [0.717, 1.165) is 24.2 Å². The Morgan fingerprint density at radius 3 is 2.69 bits per heavy atom. The van der Waals surface area contributed by atoms with Gasteiger partial charge in [0.2, 0.25) is 0 Å². The molecule has 4 aliphatic rings. The van der Waals surface area contributed by atoms with Crippen molar-refractivity contribution in [3.63, 3.8) is 0 Å². The molecule has 4 saturated carbocycles. The summed E-state index contributed by atoms with van der Waals surface area (Å²) in [6.07, 6.45) is 3.58. The summed E-state index contributed by atoms with van der Waals surface area (Å²) >= 11 is 0. The van der Waals surface area contributed by atoms with Gasteiger partial charge >= 0.3 is 0 Å². The highest BCUT2D eigenvalue weighted by atomic mass is 16.3. The summed E-state index contributed by atoms with van der Waals surface area (Å²) < 4.78 is 0. The lowest BCUT2D eigenvalue weighted by Crippen LogP contribution is -2.26. The van der Waals surface area contributed by atoms with E-state index in [4.69, 9.17) is 0 Å². The largest absolute Gasteiger partial charge is 0.389 e. The molecular formula is C15H22O. The molecular weight excluding hydrogens is 196 g/mol. The van der Waals surface area contributed by atoms with Crippen LogP contribution in [0.2, 0.25) is 0 Å². The van der Waals surface area contributed by atoms with Gasteiger partial charge in [-0.3, -0.25) is 0 Å². The van der Waals surface area contributed by atoms with Gasteiger partial charge in [-0.1, -0.05) is 27.4 Å². The molecule has 6 atom stereocenters. The molecule has 0 bridgehead atoms. The van der Waals surface area contributed by atoms with Gasteiger partial charge in [0, 0.05) is 5.41 Å². The average molecular weight is 218 g/mol. The molecule has 0 aromatic carbocycles. The average Bonchev–Trinajstić information content (AvgIpc) is 2.91. The van der Waals surface area contributed by atoms with E-state index in [-0.39, 0.29) is 6.10 Å². The minimum atomic E-state index is -0.201. The number of hydrogen-bond donors (Lipinski definition) is 1. The molecule has 0 saturated heterocycles. The summed E-state index contributed by atoms with van der Waals surface area (Å²) in [5, 5.41) is 10.1. The topological polar surface area (TPSA) is 20.2 Å². The van der Waals surface area contributed by atoms with Crippen LogP contribution < -0.4 is 0 Å². The molecule has 1 heteroatoms. The summed E-state index contributed by atoms with van der Waals surface area (Å²) in [7, 11) is 0. The Hall–Kier alpha value is -0.300. The number of rotatable bonds is 0. The highest BCUT2D eigenvalue weighted by molar-refractivity contribution is 5.47. The van der Waals surface area contributed by atoms with Gasteiger partial charge in [0.05, 0.1) is 6.10 Å². The van der Waals surface area contributed by atoms with Crippen molar-refractivity contribution in [1.29, 1.82) is 0 Å². The van der Waals surface area contributed by atoms with Crippen LogP contribution in [0, 0.1) is 34.0 Å². The third-order valence-corrected chi connectivity index (χ3v) is 7.09. The van der Waals surface area contributed by atoms with E-state index in [1.54, 1.807) is 0 Å². The summed E-state index contributed by atoms with van der Waals surface area (Å²) in [6.45, 7) is 11.6. The molecule has 1 nitrogen and oxygen atoms in total. The Kier molecular flexibility index (Phi) is 1.31. The lowest BCUT2D eigenvalue weighted by Gasteiger charge is -2.31. The van der Waals surface area contributed by atoms with E-state index < -0.39 is 0 Å². The van der Waals surface area contributed by atoms with E-state index in [1.165, 1.54) is 18.4 Å². The predicted molar refractivity (Wildman–Crippen MR) is 63.8 cm³/mol. The number of aliphatic hydroxyl groups is 1. The second-order valence-electron chi connectivity index (χ2n) is 7.56. The molecule has 4 fully saturated rings. The SMILES string of the molecule is C=C1[C@@H](O)CC2C3(C)CC[C@H]4[C@H](C4(C)C)C123. The van der Waals surface area contributed by atoms with Gasteiger partial charge < -0.3 is 5.11 Å². The van der Waals surface area contributed by atoms with Crippen molar-refractivity contribution in [2.45, 2.75) is 46.1 Å². The van der Waals surface area contributed by atoms with E-state index >= 15 is 0 Å². The molecule has 0 aromatic heterocycles.